The first-order chi connectivity index (χ1) is 14.8. The molecule has 2 aromatic rings. The topological polar surface area (TPSA) is 70.5 Å². The Morgan fingerprint density at radius 2 is 1.84 bits per heavy atom. The molecule has 4 rings (SSSR count). The average Bonchev–Trinajstić information content (AvgIpc) is 2.76. The molecule has 0 amide bonds. The van der Waals surface area contributed by atoms with E-state index >= 15 is 0 Å². The Bertz CT molecular complexity index is 1110. The first-order valence-electron chi connectivity index (χ1n) is 10.1. The number of esters is 1. The van der Waals surface area contributed by atoms with Crippen LogP contribution in [0.5, 0.6) is 0 Å². The van der Waals surface area contributed by atoms with Gasteiger partial charge in [-0.1, -0.05) is 41.4 Å². The Morgan fingerprint density at radius 3 is 2.52 bits per heavy atom. The number of ketones is 1. The zero-order chi connectivity index (χ0) is 22.3. The lowest BCUT2D eigenvalue weighted by atomic mass is 9.71. The molecule has 0 bridgehead atoms. The number of amidine groups is 1. The zero-order valence-electron chi connectivity index (χ0n) is 17.2. The summed E-state index contributed by atoms with van der Waals surface area (Å²) in [5, 5.41) is 10.2. The van der Waals surface area contributed by atoms with Gasteiger partial charge in [-0.05, 0) is 55.2 Å². The van der Waals surface area contributed by atoms with Crippen molar-refractivity contribution >= 4 is 46.5 Å². The Labute approximate surface area is 191 Å². The van der Waals surface area contributed by atoms with Crippen LogP contribution in [-0.2, 0) is 14.3 Å². The van der Waals surface area contributed by atoms with E-state index < -0.39 is 17.8 Å². The van der Waals surface area contributed by atoms with E-state index in [1.807, 2.05) is 25.1 Å². The number of hydrogen-bond acceptors (Lipinski definition) is 4. The number of benzene rings is 2. The summed E-state index contributed by atoms with van der Waals surface area (Å²) in [6.45, 7) is 1.87. The number of carbonyl (C=O) groups excluding carboxylic acids is 2. The van der Waals surface area contributed by atoms with Crippen LogP contribution < -0.4 is 4.90 Å². The van der Waals surface area contributed by atoms with Gasteiger partial charge in [-0.15, -0.1) is 0 Å². The van der Waals surface area contributed by atoms with Gasteiger partial charge in [-0.2, -0.15) is 0 Å². The predicted octanol–water partition coefficient (Wildman–Crippen LogP) is 5.68. The number of hydrogen-bond donors (Lipinski definition) is 1. The predicted molar refractivity (Wildman–Crippen MR) is 122 cm³/mol. The summed E-state index contributed by atoms with van der Waals surface area (Å²) in [4.78, 5) is 27.9. The lowest BCUT2D eigenvalue weighted by Gasteiger charge is -2.43. The van der Waals surface area contributed by atoms with Crippen molar-refractivity contribution in [1.82, 2.24) is 0 Å². The molecule has 2 unspecified atom stereocenters. The lowest BCUT2D eigenvalue weighted by molar-refractivity contribution is -0.143. The summed E-state index contributed by atoms with van der Waals surface area (Å²) in [6.07, 6.45) is 1.73. The fourth-order valence-electron chi connectivity index (χ4n) is 4.56. The SMILES string of the molecule is COC(=O)C1C(=N)N(c2cccc(Cl)c2C)C2=C(C(=O)CCC2)C1c1ccc(Cl)cc1. The number of methoxy groups -OCH3 is 1. The van der Waals surface area contributed by atoms with Crippen LogP contribution in [0.3, 0.4) is 0 Å². The van der Waals surface area contributed by atoms with Gasteiger partial charge in [0.05, 0.1) is 12.8 Å². The molecule has 0 fully saturated rings. The normalized spacial score (nSPS) is 21.2. The molecule has 2 aromatic carbocycles. The third kappa shape index (κ3) is 3.66. The van der Waals surface area contributed by atoms with E-state index in [0.29, 0.717) is 40.6 Å². The molecular formula is C24H22Cl2N2O3. The van der Waals surface area contributed by atoms with Crippen molar-refractivity contribution in [2.24, 2.45) is 5.92 Å². The second-order valence-electron chi connectivity index (χ2n) is 7.77. The smallest absolute Gasteiger partial charge is 0.317 e. The number of anilines is 1. The number of ether oxygens (including phenoxy) is 1. The van der Waals surface area contributed by atoms with Crippen molar-refractivity contribution in [2.45, 2.75) is 32.1 Å². The fraction of sp³-hybridized carbons (Fsp3) is 0.292. The van der Waals surface area contributed by atoms with Gasteiger partial charge in [0.25, 0.3) is 0 Å². The van der Waals surface area contributed by atoms with E-state index in [1.165, 1.54) is 7.11 Å². The molecule has 0 saturated heterocycles. The highest BCUT2D eigenvalue weighted by Gasteiger charge is 2.48. The van der Waals surface area contributed by atoms with Crippen LogP contribution in [0.4, 0.5) is 5.69 Å². The Balaban J connectivity index is 2.00. The summed E-state index contributed by atoms with van der Waals surface area (Å²) in [6, 6.07) is 12.5. The van der Waals surface area contributed by atoms with Crippen LogP contribution in [0.25, 0.3) is 0 Å². The monoisotopic (exact) mass is 456 g/mol. The highest BCUT2D eigenvalue weighted by molar-refractivity contribution is 6.32. The molecule has 0 saturated carbocycles. The first kappa shape index (κ1) is 21.6. The van der Waals surface area contributed by atoms with E-state index in [9.17, 15) is 9.59 Å². The molecule has 1 aliphatic heterocycles. The number of allylic oxidation sites excluding steroid dienone is 2. The van der Waals surface area contributed by atoms with E-state index in [4.69, 9.17) is 33.3 Å². The maximum atomic E-state index is 13.2. The zero-order valence-corrected chi connectivity index (χ0v) is 18.8. The van der Waals surface area contributed by atoms with Crippen molar-refractivity contribution in [2.75, 3.05) is 12.0 Å². The van der Waals surface area contributed by atoms with Crippen LogP contribution >= 0.6 is 23.2 Å². The van der Waals surface area contributed by atoms with E-state index in [2.05, 4.69) is 0 Å². The minimum Gasteiger partial charge on any atom is -0.468 e. The number of halogens is 2. The van der Waals surface area contributed by atoms with Crippen molar-refractivity contribution in [3.05, 3.63) is 74.9 Å². The maximum Gasteiger partial charge on any atom is 0.317 e. The molecule has 2 atom stereocenters. The van der Waals surface area contributed by atoms with Crippen LogP contribution in [0.1, 0.15) is 36.3 Å². The fourth-order valence-corrected chi connectivity index (χ4v) is 4.85. The largest absolute Gasteiger partial charge is 0.468 e. The Hall–Kier alpha value is -2.63. The summed E-state index contributed by atoms with van der Waals surface area (Å²) in [5.41, 5.74) is 3.57. The number of rotatable bonds is 3. The molecule has 0 spiro atoms. The molecule has 1 N–H and O–H groups in total. The minimum absolute atomic E-state index is 0.00714. The van der Waals surface area contributed by atoms with Crippen molar-refractivity contribution in [3.8, 4) is 0 Å². The molecule has 1 heterocycles. The second kappa shape index (κ2) is 8.48. The maximum absolute atomic E-state index is 13.2. The molecular weight excluding hydrogens is 435 g/mol. The van der Waals surface area contributed by atoms with Crippen molar-refractivity contribution < 1.29 is 14.3 Å². The van der Waals surface area contributed by atoms with Gasteiger partial charge in [0.2, 0.25) is 0 Å². The first-order valence-corrected chi connectivity index (χ1v) is 10.8. The van der Waals surface area contributed by atoms with Crippen LogP contribution in [0.15, 0.2) is 53.7 Å². The number of Topliss-reactive ketones (excluding diaryl/α,β-unsaturated/α-hetero) is 1. The van der Waals surface area contributed by atoms with E-state index in [1.54, 1.807) is 29.2 Å². The van der Waals surface area contributed by atoms with Crippen LogP contribution in [0.2, 0.25) is 10.0 Å². The quantitative estimate of drug-likeness (QED) is 0.603. The molecule has 31 heavy (non-hydrogen) atoms. The molecule has 5 nitrogen and oxygen atoms in total. The van der Waals surface area contributed by atoms with E-state index in [0.717, 1.165) is 16.8 Å². The Morgan fingerprint density at radius 1 is 1.13 bits per heavy atom. The molecule has 1 aliphatic carbocycles. The third-order valence-corrected chi connectivity index (χ3v) is 6.70. The van der Waals surface area contributed by atoms with Gasteiger partial charge >= 0.3 is 5.97 Å². The summed E-state index contributed by atoms with van der Waals surface area (Å²) >= 11 is 12.4. The van der Waals surface area contributed by atoms with Gasteiger partial charge in [0, 0.05) is 33.7 Å². The van der Waals surface area contributed by atoms with Gasteiger partial charge < -0.3 is 9.64 Å². The third-order valence-electron chi connectivity index (χ3n) is 6.04. The van der Waals surface area contributed by atoms with Crippen molar-refractivity contribution in [3.63, 3.8) is 0 Å². The minimum atomic E-state index is -0.967. The van der Waals surface area contributed by atoms with Crippen molar-refractivity contribution in [1.29, 1.82) is 5.41 Å². The van der Waals surface area contributed by atoms with Gasteiger partial charge in [-0.25, -0.2) is 0 Å². The number of nitrogens with zero attached hydrogens (tertiary/aromatic N) is 1. The molecule has 2 aliphatic rings. The van der Waals surface area contributed by atoms with Gasteiger partial charge in [-0.3, -0.25) is 15.0 Å². The summed E-state index contributed by atoms with van der Waals surface area (Å²) in [7, 11) is 1.30. The highest BCUT2D eigenvalue weighted by Crippen LogP contribution is 2.47. The van der Waals surface area contributed by atoms with Crippen LogP contribution in [-0.4, -0.2) is 24.7 Å². The lowest BCUT2D eigenvalue weighted by Crippen LogP contribution is -2.49. The molecule has 160 valence electrons. The average molecular weight is 457 g/mol. The number of carbonyl (C=O) groups is 2. The van der Waals surface area contributed by atoms with Gasteiger partial charge in [0.15, 0.2) is 5.78 Å². The van der Waals surface area contributed by atoms with Gasteiger partial charge in [0.1, 0.15) is 11.8 Å². The summed E-state index contributed by atoms with van der Waals surface area (Å²) in [5.74, 6) is -2.06. The molecule has 0 radical (unpaired) electrons. The number of nitrogens with one attached hydrogen (secondary N) is 1. The highest BCUT2D eigenvalue weighted by atomic mass is 35.5. The van der Waals surface area contributed by atoms with E-state index in [-0.39, 0.29) is 11.6 Å². The summed E-state index contributed by atoms with van der Waals surface area (Å²) < 4.78 is 5.10. The standard InChI is InChI=1S/C24H22Cl2N2O3/c1-13-16(26)5-3-6-17(13)28-18-7-4-8-19(29)21(18)20(14-9-11-15(25)12-10-14)22(23(28)27)24(30)31-2/h3,5-6,9-12,20,22,27H,4,7-8H2,1-2H3. The van der Waals surface area contributed by atoms with Crippen LogP contribution in [0, 0.1) is 18.3 Å². The Kier molecular flexibility index (Phi) is 5.91. The molecule has 0 aromatic heterocycles. The second-order valence-corrected chi connectivity index (χ2v) is 8.62. The molecule has 7 heteroatoms.